The Morgan fingerprint density at radius 2 is 2.27 bits per heavy atom. The summed E-state index contributed by atoms with van der Waals surface area (Å²) in [5, 5.41) is 3.31. The van der Waals surface area contributed by atoms with Crippen LogP contribution in [-0.4, -0.2) is 24.6 Å². The van der Waals surface area contributed by atoms with E-state index in [9.17, 15) is 8.42 Å². The fourth-order valence-corrected chi connectivity index (χ4v) is 4.34. The number of nitrogens with one attached hydrogen (secondary N) is 1. The molecule has 2 rings (SSSR count). The monoisotopic (exact) mass is 247 g/mol. The summed E-state index contributed by atoms with van der Waals surface area (Å²) in [5.74, 6) is 0.128. The van der Waals surface area contributed by atoms with Gasteiger partial charge in [0.15, 0.2) is 15.7 Å². The first kappa shape index (κ1) is 10.7. The molecule has 0 atom stereocenters. The highest BCUT2D eigenvalue weighted by atomic mass is 32.2. The second-order valence-electron chi connectivity index (χ2n) is 3.50. The van der Waals surface area contributed by atoms with E-state index in [1.807, 2.05) is 6.92 Å². The molecule has 0 amide bonds. The third-order valence-electron chi connectivity index (χ3n) is 2.26. The molecule has 0 bridgehead atoms. The van der Waals surface area contributed by atoms with Gasteiger partial charge < -0.3 is 11.1 Å². The lowest BCUT2D eigenvalue weighted by Gasteiger charge is -2.05. The van der Waals surface area contributed by atoms with Crippen LogP contribution >= 0.6 is 11.5 Å². The topological polar surface area (TPSA) is 85.1 Å². The molecule has 1 saturated carbocycles. The molecule has 1 aliphatic carbocycles. The Labute approximate surface area is 92.8 Å². The fourth-order valence-electron chi connectivity index (χ4n) is 1.39. The highest BCUT2D eigenvalue weighted by molar-refractivity contribution is 7.92. The molecule has 0 saturated heterocycles. The van der Waals surface area contributed by atoms with Gasteiger partial charge in [-0.1, -0.05) is 0 Å². The van der Waals surface area contributed by atoms with Crippen LogP contribution in [0.15, 0.2) is 4.90 Å². The lowest BCUT2D eigenvalue weighted by Crippen LogP contribution is -2.11. The van der Waals surface area contributed by atoms with Gasteiger partial charge in [-0.2, -0.15) is 4.37 Å². The van der Waals surface area contributed by atoms with Crippen molar-refractivity contribution in [1.82, 2.24) is 4.37 Å². The average Bonchev–Trinajstić information content (AvgIpc) is 2.93. The van der Waals surface area contributed by atoms with E-state index in [1.165, 1.54) is 0 Å². The van der Waals surface area contributed by atoms with E-state index in [0.29, 0.717) is 11.5 Å². The van der Waals surface area contributed by atoms with Gasteiger partial charge in [0, 0.05) is 6.54 Å². The number of rotatable bonds is 4. The van der Waals surface area contributed by atoms with Gasteiger partial charge in [-0.25, -0.2) is 8.42 Å². The zero-order valence-corrected chi connectivity index (χ0v) is 9.99. The van der Waals surface area contributed by atoms with Crippen molar-refractivity contribution in [1.29, 1.82) is 0 Å². The number of aromatic nitrogens is 1. The molecule has 1 aromatic heterocycles. The third-order valence-corrected chi connectivity index (χ3v) is 5.54. The van der Waals surface area contributed by atoms with Gasteiger partial charge in [-0.15, -0.1) is 0 Å². The van der Waals surface area contributed by atoms with E-state index in [2.05, 4.69) is 9.69 Å². The Hall–Kier alpha value is -0.820. The summed E-state index contributed by atoms with van der Waals surface area (Å²) in [6.07, 6.45) is 1.48. The van der Waals surface area contributed by atoms with Gasteiger partial charge >= 0.3 is 0 Å². The first-order valence-electron chi connectivity index (χ1n) is 4.80. The third kappa shape index (κ3) is 1.81. The van der Waals surface area contributed by atoms with Crippen LogP contribution in [0.1, 0.15) is 19.8 Å². The smallest absolute Gasteiger partial charge is 0.187 e. The normalized spacial score (nSPS) is 16.6. The molecule has 0 radical (unpaired) electrons. The molecule has 1 heterocycles. The zero-order valence-electron chi connectivity index (χ0n) is 8.36. The molecule has 7 heteroatoms. The minimum absolute atomic E-state index is 0.128. The summed E-state index contributed by atoms with van der Waals surface area (Å²) < 4.78 is 27.9. The first-order valence-corrected chi connectivity index (χ1v) is 7.12. The number of nitrogen functional groups attached to an aromatic ring is 1. The van der Waals surface area contributed by atoms with Crippen molar-refractivity contribution in [3.8, 4) is 0 Å². The largest absolute Gasteiger partial charge is 0.382 e. The number of anilines is 2. The molecule has 1 aliphatic rings. The molecular formula is C8H13N3O2S2. The Morgan fingerprint density at radius 3 is 2.80 bits per heavy atom. The maximum absolute atomic E-state index is 12.0. The summed E-state index contributed by atoms with van der Waals surface area (Å²) in [7, 11) is -3.25. The van der Waals surface area contributed by atoms with Crippen LogP contribution in [0.4, 0.5) is 10.8 Å². The van der Waals surface area contributed by atoms with Crippen LogP contribution in [0.25, 0.3) is 0 Å². The van der Waals surface area contributed by atoms with Crippen molar-refractivity contribution in [2.75, 3.05) is 17.6 Å². The zero-order chi connectivity index (χ0) is 11.1. The summed E-state index contributed by atoms with van der Waals surface area (Å²) in [5.41, 5.74) is 5.60. The van der Waals surface area contributed by atoms with E-state index in [1.54, 1.807) is 0 Å². The maximum Gasteiger partial charge on any atom is 0.187 e. The van der Waals surface area contributed by atoms with Crippen LogP contribution in [-0.2, 0) is 9.84 Å². The van der Waals surface area contributed by atoms with Gasteiger partial charge in [-0.05, 0) is 31.3 Å². The highest BCUT2D eigenvalue weighted by Gasteiger charge is 2.40. The van der Waals surface area contributed by atoms with Crippen molar-refractivity contribution in [3.05, 3.63) is 0 Å². The van der Waals surface area contributed by atoms with Gasteiger partial charge in [0.05, 0.1) is 5.25 Å². The van der Waals surface area contributed by atoms with E-state index >= 15 is 0 Å². The van der Waals surface area contributed by atoms with Gasteiger partial charge in [0.25, 0.3) is 0 Å². The summed E-state index contributed by atoms with van der Waals surface area (Å²) >= 11 is 1.11. The molecule has 3 N–H and O–H groups in total. The SMILES string of the molecule is CCNc1snc(N)c1S(=O)(=O)C1CC1. The maximum atomic E-state index is 12.0. The Balaban J connectivity index is 2.45. The predicted molar refractivity (Wildman–Crippen MR) is 60.9 cm³/mol. The molecule has 0 aliphatic heterocycles. The van der Waals surface area contributed by atoms with E-state index in [-0.39, 0.29) is 16.0 Å². The van der Waals surface area contributed by atoms with E-state index in [0.717, 1.165) is 24.4 Å². The second-order valence-corrected chi connectivity index (χ2v) is 6.44. The van der Waals surface area contributed by atoms with Crippen LogP contribution in [0.5, 0.6) is 0 Å². The Bertz CT molecular complexity index is 462. The van der Waals surface area contributed by atoms with Crippen LogP contribution in [0.3, 0.4) is 0 Å². The molecule has 0 unspecified atom stereocenters. The fraction of sp³-hybridized carbons (Fsp3) is 0.625. The number of hydrogen-bond acceptors (Lipinski definition) is 6. The van der Waals surface area contributed by atoms with Gasteiger partial charge in [0.2, 0.25) is 0 Å². The van der Waals surface area contributed by atoms with Crippen LogP contribution in [0.2, 0.25) is 0 Å². The molecular weight excluding hydrogens is 234 g/mol. The summed E-state index contributed by atoms with van der Waals surface area (Å²) in [4.78, 5) is 0.205. The van der Waals surface area contributed by atoms with E-state index < -0.39 is 9.84 Å². The molecule has 1 aromatic rings. The van der Waals surface area contributed by atoms with Crippen molar-refractivity contribution < 1.29 is 8.42 Å². The van der Waals surface area contributed by atoms with Crippen molar-refractivity contribution in [2.45, 2.75) is 29.9 Å². The quantitative estimate of drug-likeness (QED) is 0.832. The Morgan fingerprint density at radius 1 is 1.60 bits per heavy atom. The van der Waals surface area contributed by atoms with Crippen molar-refractivity contribution in [2.24, 2.45) is 0 Å². The molecule has 5 nitrogen and oxygen atoms in total. The average molecular weight is 247 g/mol. The predicted octanol–water partition coefficient (Wildman–Crippen LogP) is 1.09. The van der Waals surface area contributed by atoms with Crippen molar-refractivity contribution in [3.63, 3.8) is 0 Å². The minimum atomic E-state index is -3.25. The van der Waals surface area contributed by atoms with Gasteiger partial charge in [-0.3, -0.25) is 0 Å². The first-order chi connectivity index (χ1) is 7.07. The van der Waals surface area contributed by atoms with Crippen molar-refractivity contribution >= 4 is 32.2 Å². The summed E-state index contributed by atoms with van der Waals surface area (Å²) in [6, 6.07) is 0. The number of nitrogens with two attached hydrogens (primary N) is 1. The van der Waals surface area contributed by atoms with Gasteiger partial charge in [0.1, 0.15) is 9.90 Å². The lowest BCUT2D eigenvalue weighted by atomic mass is 10.6. The number of sulfone groups is 1. The van der Waals surface area contributed by atoms with E-state index in [4.69, 9.17) is 5.73 Å². The lowest BCUT2D eigenvalue weighted by molar-refractivity contribution is 0.595. The highest BCUT2D eigenvalue weighted by Crippen LogP contribution is 2.40. The number of hydrogen-bond donors (Lipinski definition) is 2. The summed E-state index contributed by atoms with van der Waals surface area (Å²) in [6.45, 7) is 2.57. The number of nitrogens with zero attached hydrogens (tertiary/aromatic N) is 1. The molecule has 0 spiro atoms. The Kier molecular flexibility index (Phi) is 2.59. The molecule has 84 valence electrons. The minimum Gasteiger partial charge on any atom is -0.382 e. The molecule has 1 fully saturated rings. The van der Waals surface area contributed by atoms with Crippen LogP contribution < -0.4 is 11.1 Å². The second kappa shape index (κ2) is 3.64. The standard InChI is InChI=1S/C8H13N3O2S2/c1-2-10-8-6(7(9)11-14-8)15(12,13)5-3-4-5/h5,10H,2-4H2,1H3,(H2,9,11). The molecule has 0 aromatic carbocycles. The van der Waals surface area contributed by atoms with Crippen LogP contribution in [0, 0.1) is 0 Å². The molecule has 15 heavy (non-hydrogen) atoms.